The minimum atomic E-state index is -0.855. The molecular weight excluding hydrogens is 374 g/mol. The average Bonchev–Trinajstić information content (AvgIpc) is 2.71. The molecule has 1 heterocycles. The maximum Gasteiger partial charge on any atom is 0.336 e. The molecule has 150 valence electrons. The summed E-state index contributed by atoms with van der Waals surface area (Å²) in [6, 6.07) is 11.2. The highest BCUT2D eigenvalue weighted by molar-refractivity contribution is 6.39. The van der Waals surface area contributed by atoms with E-state index in [0.717, 1.165) is 10.6 Å². The van der Waals surface area contributed by atoms with Crippen molar-refractivity contribution in [1.82, 2.24) is 5.32 Å². The number of carbonyl (C=O) groups is 3. The van der Waals surface area contributed by atoms with Gasteiger partial charge in [0.25, 0.3) is 11.8 Å². The van der Waals surface area contributed by atoms with Crippen LogP contribution in [-0.2, 0) is 9.59 Å². The van der Waals surface area contributed by atoms with Gasteiger partial charge in [-0.05, 0) is 35.9 Å². The lowest BCUT2D eigenvalue weighted by Gasteiger charge is -2.27. The molecule has 1 saturated heterocycles. The van der Waals surface area contributed by atoms with Gasteiger partial charge >= 0.3 is 6.03 Å². The van der Waals surface area contributed by atoms with Crippen molar-refractivity contribution in [2.75, 3.05) is 38.1 Å². The molecule has 0 aromatic heterocycles. The van der Waals surface area contributed by atoms with E-state index >= 15 is 0 Å². The van der Waals surface area contributed by atoms with E-state index in [1.807, 2.05) is 31.1 Å². The van der Waals surface area contributed by atoms with Gasteiger partial charge in [-0.1, -0.05) is 12.1 Å². The van der Waals surface area contributed by atoms with Crippen LogP contribution < -0.4 is 24.6 Å². The molecule has 8 nitrogen and oxygen atoms in total. The molecule has 2 aromatic carbocycles. The summed E-state index contributed by atoms with van der Waals surface area (Å²) in [6.45, 7) is 0. The molecule has 0 radical (unpaired) electrons. The molecule has 1 N–H and O–H groups in total. The summed E-state index contributed by atoms with van der Waals surface area (Å²) >= 11 is 0. The third kappa shape index (κ3) is 3.91. The van der Waals surface area contributed by atoms with E-state index in [0.29, 0.717) is 17.1 Å². The third-order valence-electron chi connectivity index (χ3n) is 4.45. The van der Waals surface area contributed by atoms with Gasteiger partial charge in [-0.3, -0.25) is 14.9 Å². The van der Waals surface area contributed by atoms with E-state index in [9.17, 15) is 14.4 Å². The molecule has 1 aliphatic heterocycles. The second kappa shape index (κ2) is 8.05. The Labute approximate surface area is 168 Å². The highest BCUT2D eigenvalue weighted by Crippen LogP contribution is 2.34. The molecule has 29 heavy (non-hydrogen) atoms. The molecule has 1 aliphatic rings. The number of carbonyl (C=O) groups excluding carboxylic acids is 3. The second-order valence-corrected chi connectivity index (χ2v) is 6.48. The fourth-order valence-electron chi connectivity index (χ4n) is 2.88. The number of amides is 4. The first-order valence-corrected chi connectivity index (χ1v) is 8.76. The van der Waals surface area contributed by atoms with Gasteiger partial charge in [-0.2, -0.15) is 0 Å². The van der Waals surface area contributed by atoms with Crippen LogP contribution in [0.2, 0.25) is 0 Å². The number of benzene rings is 2. The van der Waals surface area contributed by atoms with Crippen LogP contribution in [0.15, 0.2) is 48.0 Å². The first-order valence-electron chi connectivity index (χ1n) is 8.76. The first kappa shape index (κ1) is 19.9. The normalized spacial score (nSPS) is 15.4. The lowest BCUT2D eigenvalue weighted by molar-refractivity contribution is -0.122. The van der Waals surface area contributed by atoms with Crippen LogP contribution in [0, 0.1) is 0 Å². The number of barbiturate groups is 1. The lowest BCUT2D eigenvalue weighted by atomic mass is 10.1. The smallest absolute Gasteiger partial charge is 0.336 e. The van der Waals surface area contributed by atoms with E-state index in [1.54, 1.807) is 24.3 Å². The maximum absolute atomic E-state index is 13.1. The summed E-state index contributed by atoms with van der Waals surface area (Å²) in [5.74, 6) is -0.779. The number of hydrogen-bond acceptors (Lipinski definition) is 6. The van der Waals surface area contributed by atoms with E-state index in [-0.39, 0.29) is 11.3 Å². The molecule has 2 aromatic rings. The van der Waals surface area contributed by atoms with Gasteiger partial charge in [0.15, 0.2) is 0 Å². The molecule has 0 saturated carbocycles. The molecule has 4 amide bonds. The summed E-state index contributed by atoms with van der Waals surface area (Å²) < 4.78 is 10.5. The minimum Gasteiger partial charge on any atom is -0.497 e. The monoisotopic (exact) mass is 395 g/mol. The number of imide groups is 2. The van der Waals surface area contributed by atoms with E-state index in [1.165, 1.54) is 26.4 Å². The number of methoxy groups -OCH3 is 2. The van der Waals surface area contributed by atoms with Crippen LogP contribution in [0.25, 0.3) is 6.08 Å². The predicted molar refractivity (Wildman–Crippen MR) is 109 cm³/mol. The third-order valence-corrected chi connectivity index (χ3v) is 4.45. The zero-order valence-corrected chi connectivity index (χ0v) is 16.6. The Balaban J connectivity index is 2.02. The standard InChI is InChI=1S/C21H21N3O5/c1-23(2)14-7-5-13(6-8-14)11-16-19(25)22-21(27)24(20(16)26)17-12-15(28-3)9-10-18(17)29-4/h5-12H,1-4H3,(H,22,25,27). The maximum atomic E-state index is 13.1. The highest BCUT2D eigenvalue weighted by atomic mass is 16.5. The van der Waals surface area contributed by atoms with Crippen molar-refractivity contribution in [1.29, 1.82) is 0 Å². The molecule has 0 unspecified atom stereocenters. The zero-order chi connectivity index (χ0) is 21.1. The minimum absolute atomic E-state index is 0.160. The Hall–Kier alpha value is -3.81. The molecular formula is C21H21N3O5. The van der Waals surface area contributed by atoms with Gasteiger partial charge in [0, 0.05) is 25.8 Å². The summed E-state index contributed by atoms with van der Waals surface area (Å²) in [4.78, 5) is 40.6. The topological polar surface area (TPSA) is 88.2 Å². The Morgan fingerprint density at radius 3 is 2.24 bits per heavy atom. The van der Waals surface area contributed by atoms with E-state index in [2.05, 4.69) is 5.32 Å². The molecule has 0 spiro atoms. The van der Waals surface area contributed by atoms with Crippen LogP contribution in [-0.4, -0.2) is 46.2 Å². The fraction of sp³-hybridized carbons (Fsp3) is 0.190. The Morgan fingerprint density at radius 1 is 0.966 bits per heavy atom. The van der Waals surface area contributed by atoms with Gasteiger partial charge < -0.3 is 14.4 Å². The van der Waals surface area contributed by atoms with Crippen molar-refractivity contribution in [2.24, 2.45) is 0 Å². The molecule has 3 rings (SSSR count). The Morgan fingerprint density at radius 2 is 1.66 bits per heavy atom. The first-order chi connectivity index (χ1) is 13.8. The number of nitrogens with one attached hydrogen (secondary N) is 1. The van der Waals surface area contributed by atoms with Crippen LogP contribution in [0.5, 0.6) is 11.5 Å². The number of rotatable bonds is 5. The van der Waals surface area contributed by atoms with Gasteiger partial charge in [-0.25, -0.2) is 9.69 Å². The number of hydrogen-bond donors (Lipinski definition) is 1. The van der Waals surface area contributed by atoms with E-state index in [4.69, 9.17) is 9.47 Å². The largest absolute Gasteiger partial charge is 0.497 e. The van der Waals surface area contributed by atoms with Crippen LogP contribution in [0.1, 0.15) is 5.56 Å². The molecule has 0 atom stereocenters. The van der Waals surface area contributed by atoms with Crippen LogP contribution in [0.4, 0.5) is 16.2 Å². The van der Waals surface area contributed by atoms with E-state index < -0.39 is 17.8 Å². The van der Waals surface area contributed by atoms with Crippen molar-refractivity contribution < 1.29 is 23.9 Å². The van der Waals surface area contributed by atoms with Gasteiger partial charge in [-0.15, -0.1) is 0 Å². The Kier molecular flexibility index (Phi) is 5.54. The summed E-state index contributed by atoms with van der Waals surface area (Å²) in [5.41, 5.74) is 1.65. The number of anilines is 2. The van der Waals surface area contributed by atoms with Crippen LogP contribution >= 0.6 is 0 Å². The number of ether oxygens (including phenoxy) is 2. The van der Waals surface area contributed by atoms with Crippen molar-refractivity contribution in [3.8, 4) is 11.5 Å². The SMILES string of the molecule is COc1ccc(OC)c(N2C(=O)NC(=O)C(=Cc3ccc(N(C)C)cc3)C2=O)c1. The summed E-state index contributed by atoms with van der Waals surface area (Å²) in [5, 5.41) is 2.20. The van der Waals surface area contributed by atoms with Crippen molar-refractivity contribution in [2.45, 2.75) is 0 Å². The summed E-state index contributed by atoms with van der Waals surface area (Å²) in [7, 11) is 6.72. The second-order valence-electron chi connectivity index (χ2n) is 6.48. The lowest BCUT2D eigenvalue weighted by Crippen LogP contribution is -2.54. The van der Waals surface area contributed by atoms with Crippen LogP contribution in [0.3, 0.4) is 0 Å². The van der Waals surface area contributed by atoms with Crippen molar-refractivity contribution in [3.63, 3.8) is 0 Å². The predicted octanol–water partition coefficient (Wildman–Crippen LogP) is 2.44. The zero-order valence-electron chi connectivity index (χ0n) is 16.6. The molecule has 0 bridgehead atoms. The number of urea groups is 1. The van der Waals surface area contributed by atoms with Crippen molar-refractivity contribution in [3.05, 3.63) is 53.6 Å². The average molecular weight is 395 g/mol. The fourth-order valence-corrected chi connectivity index (χ4v) is 2.88. The van der Waals surface area contributed by atoms with Gasteiger partial charge in [0.1, 0.15) is 17.1 Å². The molecule has 0 aliphatic carbocycles. The molecule has 8 heteroatoms. The van der Waals surface area contributed by atoms with Crippen molar-refractivity contribution >= 4 is 35.3 Å². The molecule has 1 fully saturated rings. The Bertz CT molecular complexity index is 996. The summed E-state index contributed by atoms with van der Waals surface area (Å²) in [6.07, 6.45) is 1.45. The van der Waals surface area contributed by atoms with Gasteiger partial charge in [0.2, 0.25) is 0 Å². The number of nitrogens with zero attached hydrogens (tertiary/aromatic N) is 2. The highest BCUT2D eigenvalue weighted by Gasteiger charge is 2.38. The quantitative estimate of drug-likeness (QED) is 0.618. The van der Waals surface area contributed by atoms with Gasteiger partial charge in [0.05, 0.1) is 19.9 Å².